The molecule has 1 aromatic carbocycles. The van der Waals surface area contributed by atoms with E-state index in [4.69, 9.17) is 0 Å². The van der Waals surface area contributed by atoms with Crippen LogP contribution in [-0.4, -0.2) is 6.04 Å². The minimum Gasteiger partial charge on any atom is -0.284 e. The van der Waals surface area contributed by atoms with Crippen molar-refractivity contribution in [3.05, 3.63) is 42.4 Å². The van der Waals surface area contributed by atoms with E-state index in [-0.39, 0.29) is 5.82 Å². The minimum absolute atomic E-state index is 0.208. The van der Waals surface area contributed by atoms with Crippen LogP contribution in [-0.2, 0) is 0 Å². The first-order valence-electron chi connectivity index (χ1n) is 4.25. The Bertz CT molecular complexity index is 318. The maximum absolute atomic E-state index is 12.6. The highest BCUT2D eigenvalue weighted by molar-refractivity contribution is 5.49. The van der Waals surface area contributed by atoms with Gasteiger partial charge in [-0.1, -0.05) is 0 Å². The van der Waals surface area contributed by atoms with Crippen LogP contribution < -0.4 is 10.4 Å². The smallest absolute Gasteiger partial charge is 0.123 e. The van der Waals surface area contributed by atoms with E-state index in [1.165, 1.54) is 12.1 Å². The number of rotatable bonds is 1. The standard InChI is InChI=1S/C10H11FN2/c1-8-6-7-13(12-8)10-4-2-9(11)3-5-10/h2-8,12H,1H3. The summed E-state index contributed by atoms with van der Waals surface area (Å²) >= 11 is 0. The first-order chi connectivity index (χ1) is 6.25. The van der Waals surface area contributed by atoms with Gasteiger partial charge < -0.3 is 0 Å². The highest BCUT2D eigenvalue weighted by Gasteiger charge is 2.11. The van der Waals surface area contributed by atoms with Crippen molar-refractivity contribution in [3.63, 3.8) is 0 Å². The third kappa shape index (κ3) is 1.70. The zero-order valence-corrected chi connectivity index (χ0v) is 7.37. The fourth-order valence-corrected chi connectivity index (χ4v) is 1.28. The monoisotopic (exact) mass is 178 g/mol. The minimum atomic E-state index is -0.208. The molecule has 0 aliphatic carbocycles. The van der Waals surface area contributed by atoms with Crippen molar-refractivity contribution in [2.75, 3.05) is 5.01 Å². The zero-order valence-electron chi connectivity index (χ0n) is 7.37. The molecule has 1 heterocycles. The van der Waals surface area contributed by atoms with E-state index >= 15 is 0 Å². The highest BCUT2D eigenvalue weighted by Crippen LogP contribution is 2.16. The van der Waals surface area contributed by atoms with E-state index in [0.29, 0.717) is 6.04 Å². The highest BCUT2D eigenvalue weighted by atomic mass is 19.1. The number of nitrogens with one attached hydrogen (secondary N) is 1. The lowest BCUT2D eigenvalue weighted by atomic mass is 10.3. The first-order valence-corrected chi connectivity index (χ1v) is 4.25. The van der Waals surface area contributed by atoms with Crippen molar-refractivity contribution in [1.29, 1.82) is 0 Å². The molecule has 3 heteroatoms. The van der Waals surface area contributed by atoms with E-state index in [1.54, 1.807) is 12.1 Å². The molecule has 1 atom stereocenters. The quantitative estimate of drug-likeness (QED) is 0.708. The molecule has 0 saturated carbocycles. The Kier molecular flexibility index (Phi) is 2.02. The van der Waals surface area contributed by atoms with E-state index in [0.717, 1.165) is 5.69 Å². The zero-order chi connectivity index (χ0) is 9.26. The van der Waals surface area contributed by atoms with Crippen LogP contribution in [0.15, 0.2) is 36.5 Å². The third-order valence-electron chi connectivity index (χ3n) is 1.97. The predicted octanol–water partition coefficient (Wildman–Crippen LogP) is 2.05. The Morgan fingerprint density at radius 1 is 1.31 bits per heavy atom. The summed E-state index contributed by atoms with van der Waals surface area (Å²) in [4.78, 5) is 0. The van der Waals surface area contributed by atoms with Gasteiger partial charge in [0.2, 0.25) is 0 Å². The van der Waals surface area contributed by atoms with Gasteiger partial charge in [0, 0.05) is 12.2 Å². The Hall–Kier alpha value is -1.35. The second kappa shape index (κ2) is 3.18. The molecule has 1 unspecified atom stereocenters. The molecule has 68 valence electrons. The molecule has 0 spiro atoms. The molecule has 2 rings (SSSR count). The van der Waals surface area contributed by atoms with Gasteiger partial charge in [-0.3, -0.25) is 5.01 Å². The van der Waals surface area contributed by atoms with Gasteiger partial charge in [0.25, 0.3) is 0 Å². The lowest BCUT2D eigenvalue weighted by molar-refractivity contribution is 0.626. The maximum Gasteiger partial charge on any atom is 0.123 e. The number of anilines is 1. The number of halogens is 1. The van der Waals surface area contributed by atoms with Gasteiger partial charge in [-0.15, -0.1) is 0 Å². The van der Waals surface area contributed by atoms with Gasteiger partial charge >= 0.3 is 0 Å². The fourth-order valence-electron chi connectivity index (χ4n) is 1.28. The molecular formula is C10H11FN2. The normalized spacial score (nSPS) is 21.1. The van der Waals surface area contributed by atoms with Gasteiger partial charge in [0.05, 0.1) is 5.69 Å². The Labute approximate surface area is 76.6 Å². The van der Waals surface area contributed by atoms with Gasteiger partial charge in [-0.2, -0.15) is 0 Å². The lowest BCUT2D eigenvalue weighted by Crippen LogP contribution is -2.33. The topological polar surface area (TPSA) is 15.3 Å². The molecule has 2 nitrogen and oxygen atoms in total. The van der Waals surface area contributed by atoms with Crippen molar-refractivity contribution in [2.45, 2.75) is 13.0 Å². The number of hydrazine groups is 1. The van der Waals surface area contributed by atoms with Crippen molar-refractivity contribution < 1.29 is 4.39 Å². The summed E-state index contributed by atoms with van der Waals surface area (Å²) in [6.45, 7) is 2.06. The number of benzene rings is 1. The van der Waals surface area contributed by atoms with Gasteiger partial charge in [-0.25, -0.2) is 9.82 Å². The molecule has 0 aromatic heterocycles. The molecular weight excluding hydrogens is 167 g/mol. The molecule has 0 amide bonds. The predicted molar refractivity (Wildman–Crippen MR) is 50.6 cm³/mol. The Balaban J connectivity index is 2.18. The largest absolute Gasteiger partial charge is 0.284 e. The molecule has 1 aromatic rings. The molecule has 1 aliphatic rings. The van der Waals surface area contributed by atoms with Crippen LogP contribution in [0.4, 0.5) is 10.1 Å². The average molecular weight is 178 g/mol. The van der Waals surface area contributed by atoms with Crippen molar-refractivity contribution in [1.82, 2.24) is 5.43 Å². The Morgan fingerprint density at radius 2 is 2.00 bits per heavy atom. The van der Waals surface area contributed by atoms with Crippen LogP contribution >= 0.6 is 0 Å². The molecule has 0 fully saturated rings. The molecule has 1 aliphatic heterocycles. The van der Waals surface area contributed by atoms with Crippen LogP contribution in [0.3, 0.4) is 0 Å². The summed E-state index contributed by atoms with van der Waals surface area (Å²) in [7, 11) is 0. The van der Waals surface area contributed by atoms with Crippen LogP contribution in [0, 0.1) is 5.82 Å². The van der Waals surface area contributed by atoms with E-state index < -0.39 is 0 Å². The third-order valence-corrected chi connectivity index (χ3v) is 1.97. The van der Waals surface area contributed by atoms with Gasteiger partial charge in [-0.05, 0) is 37.3 Å². The first kappa shape index (κ1) is 8.26. The van der Waals surface area contributed by atoms with E-state index in [2.05, 4.69) is 12.3 Å². The second-order valence-electron chi connectivity index (χ2n) is 3.11. The maximum atomic E-state index is 12.6. The molecule has 0 radical (unpaired) electrons. The summed E-state index contributed by atoms with van der Waals surface area (Å²) in [5, 5.41) is 1.88. The lowest BCUT2D eigenvalue weighted by Gasteiger charge is -2.17. The average Bonchev–Trinajstić information content (AvgIpc) is 2.53. The van der Waals surface area contributed by atoms with Crippen LogP contribution in [0.1, 0.15) is 6.92 Å². The number of hydrogen-bond donors (Lipinski definition) is 1. The summed E-state index contributed by atoms with van der Waals surface area (Å²) < 4.78 is 12.6. The summed E-state index contributed by atoms with van der Waals surface area (Å²) in [5.74, 6) is -0.208. The Morgan fingerprint density at radius 3 is 2.54 bits per heavy atom. The second-order valence-corrected chi connectivity index (χ2v) is 3.11. The van der Waals surface area contributed by atoms with Crippen molar-refractivity contribution >= 4 is 5.69 Å². The number of hydrogen-bond acceptors (Lipinski definition) is 2. The van der Waals surface area contributed by atoms with Gasteiger partial charge in [0.1, 0.15) is 5.82 Å². The van der Waals surface area contributed by atoms with E-state index in [1.807, 2.05) is 17.3 Å². The number of nitrogens with zero attached hydrogens (tertiary/aromatic N) is 1. The molecule has 0 saturated heterocycles. The van der Waals surface area contributed by atoms with Crippen LogP contribution in [0.25, 0.3) is 0 Å². The molecule has 1 N–H and O–H groups in total. The SMILES string of the molecule is CC1C=CN(c2ccc(F)cc2)N1. The molecule has 13 heavy (non-hydrogen) atoms. The fraction of sp³-hybridized carbons (Fsp3) is 0.200. The van der Waals surface area contributed by atoms with Crippen molar-refractivity contribution in [3.8, 4) is 0 Å². The van der Waals surface area contributed by atoms with Crippen LogP contribution in [0.5, 0.6) is 0 Å². The van der Waals surface area contributed by atoms with Crippen molar-refractivity contribution in [2.24, 2.45) is 0 Å². The van der Waals surface area contributed by atoms with Crippen LogP contribution in [0.2, 0.25) is 0 Å². The van der Waals surface area contributed by atoms with E-state index in [9.17, 15) is 4.39 Å². The summed E-state index contributed by atoms with van der Waals surface area (Å²) in [6, 6.07) is 6.72. The summed E-state index contributed by atoms with van der Waals surface area (Å²) in [5.41, 5.74) is 4.14. The van der Waals surface area contributed by atoms with Gasteiger partial charge in [0.15, 0.2) is 0 Å². The molecule has 0 bridgehead atoms. The summed E-state index contributed by atoms with van der Waals surface area (Å²) in [6.07, 6.45) is 3.99.